The van der Waals surface area contributed by atoms with Crippen molar-refractivity contribution in [2.45, 2.75) is 13.0 Å². The fraction of sp³-hybridized carbons (Fsp3) is 0.222. The van der Waals surface area contributed by atoms with Gasteiger partial charge in [-0.05, 0) is 19.1 Å². The van der Waals surface area contributed by atoms with E-state index < -0.39 is 12.0 Å². The number of carbonyl (C=O) groups is 1. The summed E-state index contributed by atoms with van der Waals surface area (Å²) in [5, 5.41) is 20.4. The van der Waals surface area contributed by atoms with E-state index >= 15 is 0 Å². The number of nitrogens with zero attached hydrogens (tertiary/aromatic N) is 1. The number of para-hydroxylation sites is 1. The fourth-order valence-corrected chi connectivity index (χ4v) is 0.904. The van der Waals surface area contributed by atoms with Crippen molar-refractivity contribution in [2.75, 3.05) is 5.06 Å². The molecule has 0 aromatic heterocycles. The number of benzene rings is 1. The van der Waals surface area contributed by atoms with Gasteiger partial charge in [0.15, 0.2) is 0 Å². The first-order chi connectivity index (χ1) is 6.13. The number of aliphatic carboxylic acids is 1. The number of carbonyl (C=O) groups excluding carboxylic acids is 1. The second-order valence-electron chi connectivity index (χ2n) is 2.68. The summed E-state index contributed by atoms with van der Waals surface area (Å²) in [7, 11) is 0. The summed E-state index contributed by atoms with van der Waals surface area (Å²) in [5.74, 6) is -1.31. The zero-order valence-electron chi connectivity index (χ0n) is 8.18. The van der Waals surface area contributed by atoms with E-state index in [2.05, 4.69) is 0 Å². The average Bonchev–Trinajstić information content (AvgIpc) is 2.17. The summed E-state index contributed by atoms with van der Waals surface area (Å²) in [6.45, 7) is 1.35. The summed E-state index contributed by atoms with van der Waals surface area (Å²) in [6.07, 6.45) is 0. The standard InChI is InChI=1S/C9H11NO3.Na/c1-7(9(11)12)10(13)8-5-3-2-4-6-8;/h2-7,13H,1H3,(H,11,12);/q;+1/p-1. The summed E-state index contributed by atoms with van der Waals surface area (Å²) >= 11 is 0. The molecule has 70 valence electrons. The van der Waals surface area contributed by atoms with Gasteiger partial charge in [-0.15, -0.1) is 0 Å². The third-order valence-corrected chi connectivity index (χ3v) is 1.73. The summed E-state index contributed by atoms with van der Waals surface area (Å²) in [5.41, 5.74) is 0.430. The van der Waals surface area contributed by atoms with E-state index in [0.717, 1.165) is 0 Å². The minimum Gasteiger partial charge on any atom is -0.548 e. The van der Waals surface area contributed by atoms with Gasteiger partial charge in [0.05, 0.1) is 17.7 Å². The molecule has 1 unspecified atom stereocenters. The van der Waals surface area contributed by atoms with Crippen molar-refractivity contribution in [3.63, 3.8) is 0 Å². The normalized spacial score (nSPS) is 11.3. The van der Waals surface area contributed by atoms with Crippen LogP contribution in [-0.4, -0.2) is 17.2 Å². The van der Waals surface area contributed by atoms with Crippen molar-refractivity contribution in [2.24, 2.45) is 0 Å². The third kappa shape index (κ3) is 3.31. The number of anilines is 1. The van der Waals surface area contributed by atoms with E-state index in [1.165, 1.54) is 6.92 Å². The number of hydrogen-bond acceptors (Lipinski definition) is 4. The molecule has 1 aromatic carbocycles. The zero-order valence-corrected chi connectivity index (χ0v) is 10.2. The molecule has 0 amide bonds. The monoisotopic (exact) mass is 203 g/mol. The Balaban J connectivity index is 0.00000169. The minimum absolute atomic E-state index is 0. The maximum atomic E-state index is 10.4. The molecule has 0 saturated carbocycles. The molecule has 4 nitrogen and oxygen atoms in total. The van der Waals surface area contributed by atoms with Crippen LogP contribution in [0.5, 0.6) is 0 Å². The molecule has 1 N–H and O–H groups in total. The van der Waals surface area contributed by atoms with Crippen LogP contribution in [-0.2, 0) is 4.79 Å². The first-order valence-corrected chi connectivity index (χ1v) is 3.87. The van der Waals surface area contributed by atoms with E-state index in [1.54, 1.807) is 30.3 Å². The van der Waals surface area contributed by atoms with Gasteiger partial charge in [0.1, 0.15) is 0 Å². The molecule has 1 atom stereocenters. The van der Waals surface area contributed by atoms with Gasteiger partial charge in [0.2, 0.25) is 0 Å². The Hall–Kier alpha value is -0.550. The van der Waals surface area contributed by atoms with Crippen molar-refractivity contribution >= 4 is 11.7 Å². The van der Waals surface area contributed by atoms with Crippen molar-refractivity contribution in [3.05, 3.63) is 30.3 Å². The van der Waals surface area contributed by atoms with Crippen molar-refractivity contribution in [1.29, 1.82) is 0 Å². The van der Waals surface area contributed by atoms with Crippen LogP contribution in [0, 0.1) is 0 Å². The van der Waals surface area contributed by atoms with E-state index in [1.807, 2.05) is 0 Å². The van der Waals surface area contributed by atoms with E-state index in [9.17, 15) is 15.1 Å². The van der Waals surface area contributed by atoms with Gasteiger partial charge in [-0.1, -0.05) is 18.2 Å². The molecule has 0 aliphatic carbocycles. The molecule has 1 rings (SSSR count). The first kappa shape index (κ1) is 13.4. The summed E-state index contributed by atoms with van der Waals surface area (Å²) < 4.78 is 0. The second-order valence-corrected chi connectivity index (χ2v) is 2.68. The SMILES string of the molecule is CC(C(=O)[O-])N(O)c1ccccc1.[Na+]. The molecule has 0 spiro atoms. The Bertz CT molecular complexity index is 291. The maximum Gasteiger partial charge on any atom is 1.00 e. The van der Waals surface area contributed by atoms with E-state index in [0.29, 0.717) is 10.8 Å². The van der Waals surface area contributed by atoms with Crippen LogP contribution in [0.25, 0.3) is 0 Å². The molecule has 0 heterocycles. The quantitative estimate of drug-likeness (QED) is 0.421. The van der Waals surface area contributed by atoms with Gasteiger partial charge in [-0.3, -0.25) is 5.21 Å². The minimum atomic E-state index is -1.31. The molecule has 5 heteroatoms. The molecule has 0 aliphatic rings. The predicted octanol–water partition coefficient (Wildman–Crippen LogP) is -2.98. The molecule has 0 fully saturated rings. The number of hydrogen-bond donors (Lipinski definition) is 1. The predicted molar refractivity (Wildman–Crippen MR) is 45.2 cm³/mol. The van der Waals surface area contributed by atoms with Crippen molar-refractivity contribution in [3.8, 4) is 0 Å². The third-order valence-electron chi connectivity index (χ3n) is 1.73. The van der Waals surface area contributed by atoms with Crippen LogP contribution in [0.3, 0.4) is 0 Å². The molecule has 0 bridgehead atoms. The summed E-state index contributed by atoms with van der Waals surface area (Å²) in [6, 6.07) is 7.36. The Labute approximate surface area is 104 Å². The van der Waals surface area contributed by atoms with Crippen molar-refractivity contribution in [1.82, 2.24) is 0 Å². The zero-order chi connectivity index (χ0) is 9.84. The van der Waals surface area contributed by atoms with Gasteiger partial charge < -0.3 is 9.90 Å². The molecule has 0 saturated heterocycles. The number of hydroxylamine groups is 1. The van der Waals surface area contributed by atoms with Crippen LogP contribution in [0.4, 0.5) is 5.69 Å². The largest absolute Gasteiger partial charge is 1.00 e. The Kier molecular flexibility index (Phi) is 5.79. The summed E-state index contributed by atoms with van der Waals surface area (Å²) in [4.78, 5) is 10.4. The Morgan fingerprint density at radius 2 is 1.93 bits per heavy atom. The molecule has 0 radical (unpaired) electrons. The number of rotatable bonds is 3. The van der Waals surface area contributed by atoms with Gasteiger partial charge in [0.25, 0.3) is 0 Å². The van der Waals surface area contributed by atoms with Crippen LogP contribution in [0.2, 0.25) is 0 Å². The molecular formula is C9H10NNaO3. The Morgan fingerprint density at radius 1 is 1.43 bits per heavy atom. The molecule has 1 aromatic rings. The molecule has 0 aliphatic heterocycles. The van der Waals surface area contributed by atoms with Crippen molar-refractivity contribution < 1.29 is 44.7 Å². The topological polar surface area (TPSA) is 63.6 Å². The van der Waals surface area contributed by atoms with Crippen LogP contribution in [0.15, 0.2) is 30.3 Å². The average molecular weight is 203 g/mol. The van der Waals surface area contributed by atoms with E-state index in [4.69, 9.17) is 0 Å². The van der Waals surface area contributed by atoms with Gasteiger partial charge in [0, 0.05) is 0 Å². The molecule has 14 heavy (non-hydrogen) atoms. The first-order valence-electron chi connectivity index (χ1n) is 3.87. The second kappa shape index (κ2) is 6.03. The number of carboxylic acid groups (broad SMARTS) is 1. The fourth-order valence-electron chi connectivity index (χ4n) is 0.904. The number of carboxylic acids is 1. The van der Waals surface area contributed by atoms with Gasteiger partial charge in [-0.2, -0.15) is 0 Å². The smallest absolute Gasteiger partial charge is 0.548 e. The van der Waals surface area contributed by atoms with Crippen LogP contribution in [0.1, 0.15) is 6.92 Å². The van der Waals surface area contributed by atoms with Gasteiger partial charge >= 0.3 is 29.6 Å². The van der Waals surface area contributed by atoms with Crippen LogP contribution < -0.4 is 39.7 Å². The molecular weight excluding hydrogens is 193 g/mol. The maximum absolute atomic E-state index is 10.4. The Morgan fingerprint density at radius 3 is 2.36 bits per heavy atom. The van der Waals surface area contributed by atoms with E-state index in [-0.39, 0.29) is 29.6 Å². The van der Waals surface area contributed by atoms with Gasteiger partial charge in [-0.25, -0.2) is 5.06 Å². The van der Waals surface area contributed by atoms with Crippen LogP contribution >= 0.6 is 0 Å².